The molecule has 7 nitrogen and oxygen atoms in total. The Morgan fingerprint density at radius 3 is 2.77 bits per heavy atom. The van der Waals surface area contributed by atoms with Crippen LogP contribution in [-0.2, 0) is 17.6 Å². The highest BCUT2D eigenvalue weighted by molar-refractivity contribution is 7.13. The maximum Gasteiger partial charge on any atom is 0.230 e. The Hall–Kier alpha value is -3.25. The lowest BCUT2D eigenvalue weighted by Gasteiger charge is -2.12. The molecule has 0 radical (unpaired) electrons. The molecule has 0 fully saturated rings. The lowest BCUT2D eigenvalue weighted by Crippen LogP contribution is -2.23. The molecule has 8 heteroatoms. The summed E-state index contributed by atoms with van der Waals surface area (Å²) in [5.74, 6) is -0.135. The van der Waals surface area contributed by atoms with Gasteiger partial charge >= 0.3 is 0 Å². The van der Waals surface area contributed by atoms with Gasteiger partial charge in [0.05, 0.1) is 29.9 Å². The standard InChI is InChI=1S/C22H23N5O2S/c23-12-16-2-1-3-17(10-16)20(28)13-25-9-8-15-4-6-18(7-5-15)26-21(29)11-19-14-30-22(24)27-19/h1-7,10,14,20,25,28H,8-9,11,13H2,(H2,24,27)(H,26,29). The van der Waals surface area contributed by atoms with Gasteiger partial charge in [-0.15, -0.1) is 11.3 Å². The second kappa shape index (κ2) is 10.5. The third-order valence-electron chi connectivity index (χ3n) is 4.48. The fourth-order valence-electron chi connectivity index (χ4n) is 2.93. The predicted molar refractivity (Wildman–Crippen MR) is 118 cm³/mol. The van der Waals surface area contributed by atoms with Crippen molar-refractivity contribution in [3.8, 4) is 6.07 Å². The number of anilines is 2. The van der Waals surface area contributed by atoms with Crippen LogP contribution >= 0.6 is 11.3 Å². The third kappa shape index (κ3) is 6.39. The Morgan fingerprint density at radius 1 is 1.27 bits per heavy atom. The number of carbonyl (C=O) groups excluding carboxylic acids is 1. The maximum atomic E-state index is 12.1. The molecule has 2 aromatic carbocycles. The van der Waals surface area contributed by atoms with E-state index in [0.29, 0.717) is 29.5 Å². The number of nitrogen functional groups attached to an aromatic ring is 1. The van der Waals surface area contributed by atoms with E-state index in [-0.39, 0.29) is 12.3 Å². The van der Waals surface area contributed by atoms with E-state index in [1.807, 2.05) is 30.3 Å². The minimum absolute atomic E-state index is 0.135. The number of amides is 1. The predicted octanol–water partition coefficient (Wildman–Crippen LogP) is 2.64. The molecule has 0 aliphatic rings. The number of hydrogen-bond donors (Lipinski definition) is 4. The number of nitrogens with zero attached hydrogens (tertiary/aromatic N) is 2. The van der Waals surface area contributed by atoms with Gasteiger partial charge < -0.3 is 21.5 Å². The molecule has 30 heavy (non-hydrogen) atoms. The maximum absolute atomic E-state index is 12.1. The van der Waals surface area contributed by atoms with Gasteiger partial charge in [0.25, 0.3) is 0 Å². The van der Waals surface area contributed by atoms with E-state index >= 15 is 0 Å². The molecule has 154 valence electrons. The molecule has 0 saturated carbocycles. The summed E-state index contributed by atoms with van der Waals surface area (Å²) < 4.78 is 0. The zero-order valence-corrected chi connectivity index (χ0v) is 17.2. The fraction of sp³-hybridized carbons (Fsp3) is 0.227. The van der Waals surface area contributed by atoms with Crippen molar-refractivity contribution in [2.24, 2.45) is 0 Å². The van der Waals surface area contributed by atoms with Crippen molar-refractivity contribution in [1.82, 2.24) is 10.3 Å². The Morgan fingerprint density at radius 2 is 2.07 bits per heavy atom. The highest BCUT2D eigenvalue weighted by Gasteiger charge is 2.09. The highest BCUT2D eigenvalue weighted by Crippen LogP contribution is 2.15. The van der Waals surface area contributed by atoms with E-state index in [1.54, 1.807) is 23.6 Å². The summed E-state index contributed by atoms with van der Waals surface area (Å²) in [6.07, 6.45) is 0.319. The van der Waals surface area contributed by atoms with Gasteiger partial charge in [-0.1, -0.05) is 24.3 Å². The van der Waals surface area contributed by atoms with E-state index < -0.39 is 6.10 Å². The molecule has 0 bridgehead atoms. The number of nitriles is 1. The van der Waals surface area contributed by atoms with Gasteiger partial charge in [-0.3, -0.25) is 4.79 Å². The molecule has 1 atom stereocenters. The first kappa shape index (κ1) is 21.5. The smallest absolute Gasteiger partial charge is 0.230 e. The number of hydrogen-bond acceptors (Lipinski definition) is 7. The summed E-state index contributed by atoms with van der Waals surface area (Å²) in [7, 11) is 0. The van der Waals surface area contributed by atoms with Crippen LogP contribution in [0, 0.1) is 11.3 Å². The zero-order valence-electron chi connectivity index (χ0n) is 16.3. The van der Waals surface area contributed by atoms with Crippen LogP contribution < -0.4 is 16.4 Å². The van der Waals surface area contributed by atoms with Crippen LogP contribution in [0.25, 0.3) is 0 Å². The number of aromatic nitrogens is 1. The van der Waals surface area contributed by atoms with Gasteiger partial charge in [-0.05, 0) is 48.4 Å². The van der Waals surface area contributed by atoms with E-state index in [9.17, 15) is 9.90 Å². The van der Waals surface area contributed by atoms with Crippen molar-refractivity contribution in [2.45, 2.75) is 18.9 Å². The van der Waals surface area contributed by atoms with E-state index in [1.165, 1.54) is 11.3 Å². The Kier molecular flexibility index (Phi) is 7.51. The average Bonchev–Trinajstić information content (AvgIpc) is 3.16. The molecule has 0 spiro atoms. The number of aliphatic hydroxyl groups excluding tert-OH is 1. The zero-order chi connectivity index (χ0) is 21.3. The summed E-state index contributed by atoms with van der Waals surface area (Å²) in [5.41, 5.74) is 9.35. The van der Waals surface area contributed by atoms with E-state index in [4.69, 9.17) is 11.0 Å². The van der Waals surface area contributed by atoms with Crippen molar-refractivity contribution >= 4 is 28.1 Å². The quantitative estimate of drug-likeness (QED) is 0.394. The Labute approximate surface area is 179 Å². The molecule has 1 aromatic heterocycles. The summed E-state index contributed by atoms with van der Waals surface area (Å²) in [4.78, 5) is 16.2. The van der Waals surface area contributed by atoms with Crippen molar-refractivity contribution < 1.29 is 9.90 Å². The lowest BCUT2D eigenvalue weighted by molar-refractivity contribution is -0.115. The summed E-state index contributed by atoms with van der Waals surface area (Å²) in [6, 6.07) is 16.7. The Bertz CT molecular complexity index is 1030. The number of nitrogens with two attached hydrogens (primary N) is 1. The van der Waals surface area contributed by atoms with E-state index in [0.717, 1.165) is 23.2 Å². The first-order valence-electron chi connectivity index (χ1n) is 9.51. The van der Waals surface area contributed by atoms with Gasteiger partial charge in [-0.25, -0.2) is 4.98 Å². The average molecular weight is 422 g/mol. The molecule has 5 N–H and O–H groups in total. The highest BCUT2D eigenvalue weighted by atomic mass is 32.1. The van der Waals surface area contributed by atoms with Gasteiger partial charge in [0, 0.05) is 17.6 Å². The molecule has 0 saturated heterocycles. The number of aliphatic hydroxyl groups is 1. The molecule has 1 unspecified atom stereocenters. The molecular formula is C22H23N5O2S. The normalized spacial score (nSPS) is 11.6. The Balaban J connectivity index is 1.40. The van der Waals surface area contributed by atoms with Crippen LogP contribution in [0.15, 0.2) is 53.9 Å². The summed E-state index contributed by atoms with van der Waals surface area (Å²) >= 11 is 1.32. The van der Waals surface area contributed by atoms with E-state index in [2.05, 4.69) is 21.7 Å². The summed E-state index contributed by atoms with van der Waals surface area (Å²) in [5, 5.41) is 27.5. The topological polar surface area (TPSA) is 124 Å². The number of nitrogens with one attached hydrogen (secondary N) is 2. The van der Waals surface area contributed by atoms with Crippen LogP contribution in [0.2, 0.25) is 0 Å². The van der Waals surface area contributed by atoms with Crippen LogP contribution in [0.3, 0.4) is 0 Å². The second-order valence-corrected chi connectivity index (χ2v) is 7.70. The monoisotopic (exact) mass is 421 g/mol. The first-order valence-corrected chi connectivity index (χ1v) is 10.4. The molecule has 1 amide bonds. The van der Waals surface area contributed by atoms with Crippen molar-refractivity contribution in [1.29, 1.82) is 5.26 Å². The summed E-state index contributed by atoms with van der Waals surface area (Å²) in [6.45, 7) is 1.11. The minimum Gasteiger partial charge on any atom is -0.387 e. The van der Waals surface area contributed by atoms with Crippen molar-refractivity contribution in [3.63, 3.8) is 0 Å². The number of carbonyl (C=O) groups is 1. The van der Waals surface area contributed by atoms with Crippen molar-refractivity contribution in [3.05, 3.63) is 76.3 Å². The largest absolute Gasteiger partial charge is 0.387 e. The van der Waals surface area contributed by atoms with Crippen molar-refractivity contribution in [2.75, 3.05) is 24.1 Å². The number of thiazole rings is 1. The molecule has 1 heterocycles. The number of rotatable bonds is 9. The van der Waals surface area contributed by atoms with Crippen LogP contribution in [-0.4, -0.2) is 29.1 Å². The minimum atomic E-state index is -0.663. The van der Waals surface area contributed by atoms with Crippen LogP contribution in [0.5, 0.6) is 0 Å². The lowest BCUT2D eigenvalue weighted by atomic mass is 10.1. The SMILES string of the molecule is N#Cc1cccc(C(O)CNCCc2ccc(NC(=O)Cc3csc(N)n3)cc2)c1. The molecule has 0 aliphatic heterocycles. The molecule has 3 aromatic rings. The third-order valence-corrected chi connectivity index (χ3v) is 5.20. The number of benzene rings is 2. The first-order chi connectivity index (χ1) is 14.5. The fourth-order valence-corrected chi connectivity index (χ4v) is 3.50. The van der Waals surface area contributed by atoms with Gasteiger partial charge in [0.1, 0.15) is 0 Å². The molecule has 0 aliphatic carbocycles. The molecular weight excluding hydrogens is 398 g/mol. The second-order valence-electron chi connectivity index (χ2n) is 6.81. The van der Waals surface area contributed by atoms with Crippen LogP contribution in [0.4, 0.5) is 10.8 Å². The van der Waals surface area contributed by atoms with Gasteiger partial charge in [-0.2, -0.15) is 5.26 Å². The molecule has 3 rings (SSSR count). The van der Waals surface area contributed by atoms with Crippen LogP contribution in [0.1, 0.15) is 28.5 Å². The van der Waals surface area contributed by atoms with Gasteiger partial charge in [0.2, 0.25) is 5.91 Å². The van der Waals surface area contributed by atoms with Gasteiger partial charge in [0.15, 0.2) is 5.13 Å².